The first-order chi connectivity index (χ1) is 8.08. The molecule has 7 heteroatoms. The van der Waals surface area contributed by atoms with Gasteiger partial charge in [-0.05, 0) is 12.8 Å². The Bertz CT molecular complexity index is 471. The van der Waals surface area contributed by atoms with Gasteiger partial charge in [0.2, 0.25) is 5.91 Å². The fourth-order valence-corrected chi connectivity index (χ4v) is 1.53. The Hall–Kier alpha value is -2.18. The van der Waals surface area contributed by atoms with Gasteiger partial charge in [-0.25, -0.2) is 4.98 Å². The molecule has 0 bridgehead atoms. The number of carbonyl (C=O) groups excluding carboxylic acids is 1. The van der Waals surface area contributed by atoms with Gasteiger partial charge in [0, 0.05) is 5.92 Å². The second-order valence-electron chi connectivity index (χ2n) is 3.94. The van der Waals surface area contributed by atoms with Crippen molar-refractivity contribution in [3.05, 3.63) is 22.4 Å². The minimum absolute atomic E-state index is 0.0347. The summed E-state index contributed by atoms with van der Waals surface area (Å²) in [4.78, 5) is 25.0. The van der Waals surface area contributed by atoms with E-state index in [1.54, 1.807) is 0 Å². The molecule has 1 aromatic rings. The summed E-state index contributed by atoms with van der Waals surface area (Å²) in [5, 5.41) is 22.4. The molecule has 2 N–H and O–H groups in total. The summed E-state index contributed by atoms with van der Waals surface area (Å²) in [6.45, 7) is 0. The van der Waals surface area contributed by atoms with E-state index < -0.39 is 10.7 Å². The summed E-state index contributed by atoms with van der Waals surface area (Å²) >= 11 is 0. The number of amides is 1. The van der Waals surface area contributed by atoms with Crippen molar-refractivity contribution in [3.63, 3.8) is 0 Å². The maximum Gasteiger partial charge on any atom is 0.291 e. The highest BCUT2D eigenvalue weighted by Crippen LogP contribution is 2.30. The van der Waals surface area contributed by atoms with Crippen LogP contribution in [-0.2, 0) is 4.79 Å². The Morgan fingerprint density at radius 2 is 2.29 bits per heavy atom. The lowest BCUT2D eigenvalue weighted by molar-refractivity contribution is -0.385. The fraction of sp³-hybridized carbons (Fsp3) is 0.400. The summed E-state index contributed by atoms with van der Waals surface area (Å²) in [6, 6.07) is 0.962. The van der Waals surface area contributed by atoms with Gasteiger partial charge in [-0.15, -0.1) is 0 Å². The van der Waals surface area contributed by atoms with Crippen molar-refractivity contribution >= 4 is 17.4 Å². The molecule has 0 radical (unpaired) electrons. The van der Waals surface area contributed by atoms with Crippen molar-refractivity contribution in [2.45, 2.75) is 19.3 Å². The van der Waals surface area contributed by atoms with Crippen molar-refractivity contribution < 1.29 is 14.8 Å². The predicted octanol–water partition coefficient (Wildman–Crippen LogP) is 1.43. The van der Waals surface area contributed by atoms with Crippen LogP contribution in [0.3, 0.4) is 0 Å². The zero-order chi connectivity index (χ0) is 12.4. The van der Waals surface area contributed by atoms with Crippen LogP contribution in [-0.4, -0.2) is 20.9 Å². The normalized spacial score (nSPS) is 15.1. The standard InChI is InChI=1S/C10H11N3O4/c14-8-4-7(13(16)17)5-11-9(8)12-10(15)6-2-1-3-6/h4-6,14H,1-3H2,(H,11,12,15). The third kappa shape index (κ3) is 2.32. The van der Waals surface area contributed by atoms with Crippen LogP contribution in [0.5, 0.6) is 5.75 Å². The molecule has 1 saturated carbocycles. The van der Waals surface area contributed by atoms with Crippen LogP contribution >= 0.6 is 0 Å². The van der Waals surface area contributed by atoms with E-state index in [4.69, 9.17) is 0 Å². The number of nitrogens with one attached hydrogen (secondary N) is 1. The van der Waals surface area contributed by atoms with Gasteiger partial charge in [0.25, 0.3) is 5.69 Å². The lowest BCUT2D eigenvalue weighted by Crippen LogP contribution is -2.28. The molecule has 1 heterocycles. The van der Waals surface area contributed by atoms with Gasteiger partial charge in [0.05, 0.1) is 11.0 Å². The minimum atomic E-state index is -0.662. The minimum Gasteiger partial charge on any atom is -0.504 e. The zero-order valence-electron chi connectivity index (χ0n) is 8.92. The molecule has 0 aromatic carbocycles. The van der Waals surface area contributed by atoms with E-state index in [1.807, 2.05) is 0 Å². The number of pyridine rings is 1. The molecule has 1 aliphatic rings. The summed E-state index contributed by atoms with van der Waals surface area (Å²) in [6.07, 6.45) is 3.69. The third-order valence-electron chi connectivity index (χ3n) is 2.78. The molecule has 0 saturated heterocycles. The van der Waals surface area contributed by atoms with E-state index >= 15 is 0 Å². The number of aromatic nitrogens is 1. The van der Waals surface area contributed by atoms with Gasteiger partial charge < -0.3 is 10.4 Å². The molecule has 0 aliphatic heterocycles. The van der Waals surface area contributed by atoms with Gasteiger partial charge >= 0.3 is 0 Å². The van der Waals surface area contributed by atoms with Crippen LogP contribution in [0, 0.1) is 16.0 Å². The van der Waals surface area contributed by atoms with Gasteiger partial charge in [0.15, 0.2) is 11.6 Å². The largest absolute Gasteiger partial charge is 0.504 e. The second kappa shape index (κ2) is 4.36. The Morgan fingerprint density at radius 3 is 2.76 bits per heavy atom. The van der Waals surface area contributed by atoms with Crippen molar-refractivity contribution in [2.24, 2.45) is 5.92 Å². The first-order valence-corrected chi connectivity index (χ1v) is 5.22. The SMILES string of the molecule is O=C(Nc1ncc([N+](=O)[O-])cc1O)C1CCC1. The van der Waals surface area contributed by atoms with Crippen LogP contribution in [0.1, 0.15) is 19.3 Å². The summed E-state index contributed by atoms with van der Waals surface area (Å²) < 4.78 is 0. The number of nitro groups is 1. The topological polar surface area (TPSA) is 105 Å². The molecule has 0 unspecified atom stereocenters. The monoisotopic (exact) mass is 237 g/mol. The molecule has 0 atom stereocenters. The highest BCUT2D eigenvalue weighted by Gasteiger charge is 2.26. The number of rotatable bonds is 3. The van der Waals surface area contributed by atoms with E-state index in [0.29, 0.717) is 0 Å². The van der Waals surface area contributed by atoms with Gasteiger partial charge in [0.1, 0.15) is 6.20 Å². The van der Waals surface area contributed by atoms with Crippen molar-refractivity contribution in [2.75, 3.05) is 5.32 Å². The summed E-state index contributed by atoms with van der Waals surface area (Å²) in [5.74, 6) is -0.668. The van der Waals surface area contributed by atoms with E-state index in [2.05, 4.69) is 10.3 Å². The molecule has 1 aliphatic carbocycles. The van der Waals surface area contributed by atoms with Crippen LogP contribution in [0.4, 0.5) is 11.5 Å². The van der Waals surface area contributed by atoms with Gasteiger partial charge in [-0.1, -0.05) is 6.42 Å². The summed E-state index contributed by atoms with van der Waals surface area (Å²) in [7, 11) is 0. The van der Waals surface area contributed by atoms with Crippen LogP contribution in [0.2, 0.25) is 0 Å². The molecular formula is C10H11N3O4. The lowest BCUT2D eigenvalue weighted by atomic mass is 9.85. The number of hydrogen-bond donors (Lipinski definition) is 2. The van der Waals surface area contributed by atoms with Crippen LogP contribution < -0.4 is 5.32 Å². The smallest absolute Gasteiger partial charge is 0.291 e. The van der Waals surface area contributed by atoms with E-state index in [0.717, 1.165) is 31.5 Å². The molecule has 1 aromatic heterocycles. The van der Waals surface area contributed by atoms with Crippen molar-refractivity contribution in [3.8, 4) is 5.75 Å². The van der Waals surface area contributed by atoms with Gasteiger partial charge in [-0.3, -0.25) is 14.9 Å². The van der Waals surface area contributed by atoms with Crippen LogP contribution in [0.15, 0.2) is 12.3 Å². The van der Waals surface area contributed by atoms with E-state index in [9.17, 15) is 20.0 Å². The molecule has 17 heavy (non-hydrogen) atoms. The number of carbonyl (C=O) groups is 1. The highest BCUT2D eigenvalue weighted by molar-refractivity contribution is 5.93. The number of hydrogen-bond acceptors (Lipinski definition) is 5. The molecular weight excluding hydrogens is 226 g/mol. The average Bonchev–Trinajstić information content (AvgIpc) is 2.18. The van der Waals surface area contributed by atoms with Crippen molar-refractivity contribution in [1.82, 2.24) is 4.98 Å². The maximum absolute atomic E-state index is 11.6. The average molecular weight is 237 g/mol. The molecule has 0 spiro atoms. The Balaban J connectivity index is 2.10. The highest BCUT2D eigenvalue weighted by atomic mass is 16.6. The molecule has 2 rings (SSSR count). The third-order valence-corrected chi connectivity index (χ3v) is 2.78. The number of aromatic hydroxyl groups is 1. The van der Waals surface area contributed by atoms with Gasteiger partial charge in [-0.2, -0.15) is 0 Å². The lowest BCUT2D eigenvalue weighted by Gasteiger charge is -2.23. The Kier molecular flexibility index (Phi) is 2.90. The first kappa shape index (κ1) is 11.3. The first-order valence-electron chi connectivity index (χ1n) is 5.22. The van der Waals surface area contributed by atoms with E-state index in [-0.39, 0.29) is 23.3 Å². The number of anilines is 1. The molecule has 7 nitrogen and oxygen atoms in total. The van der Waals surface area contributed by atoms with Crippen molar-refractivity contribution in [1.29, 1.82) is 0 Å². The molecule has 90 valence electrons. The van der Waals surface area contributed by atoms with Crippen LogP contribution in [0.25, 0.3) is 0 Å². The van der Waals surface area contributed by atoms with E-state index in [1.165, 1.54) is 0 Å². The summed E-state index contributed by atoms with van der Waals surface area (Å²) in [5.41, 5.74) is -0.316. The number of nitrogens with zero attached hydrogens (tertiary/aromatic N) is 2. The molecule has 1 fully saturated rings. The fourth-order valence-electron chi connectivity index (χ4n) is 1.53. The predicted molar refractivity (Wildman–Crippen MR) is 58.5 cm³/mol. The maximum atomic E-state index is 11.6. The Morgan fingerprint density at radius 1 is 1.59 bits per heavy atom. The second-order valence-corrected chi connectivity index (χ2v) is 3.94. The molecule has 1 amide bonds. The quantitative estimate of drug-likeness (QED) is 0.611. The Labute approximate surface area is 96.6 Å². The zero-order valence-corrected chi connectivity index (χ0v) is 8.92.